The summed E-state index contributed by atoms with van der Waals surface area (Å²) in [5, 5.41) is 13.6. The molecule has 1 aliphatic rings. The lowest BCUT2D eigenvalue weighted by Crippen LogP contribution is -2.46. The van der Waals surface area contributed by atoms with Crippen LogP contribution in [-0.4, -0.2) is 51.0 Å². The first-order valence-corrected chi connectivity index (χ1v) is 11.1. The molecular weight excluding hydrogens is 414 g/mol. The van der Waals surface area contributed by atoms with Crippen LogP contribution in [0.1, 0.15) is 26.3 Å². The summed E-state index contributed by atoms with van der Waals surface area (Å²) >= 11 is 6.24. The van der Waals surface area contributed by atoms with Crippen LogP contribution in [0.3, 0.4) is 0 Å². The molecule has 0 bridgehead atoms. The Morgan fingerprint density at radius 3 is 1.90 bits per heavy atom. The highest BCUT2D eigenvalue weighted by Gasteiger charge is 2.21. The van der Waals surface area contributed by atoms with Crippen molar-refractivity contribution in [2.75, 3.05) is 36.0 Å². The van der Waals surface area contributed by atoms with Gasteiger partial charge in [-0.15, -0.1) is 11.6 Å². The highest BCUT2D eigenvalue weighted by Crippen LogP contribution is 2.23. The number of aromatic hydroxyl groups is 1. The normalized spacial score (nSPS) is 16.4. The van der Waals surface area contributed by atoms with Gasteiger partial charge >= 0.3 is 5.69 Å². The van der Waals surface area contributed by atoms with Gasteiger partial charge in [-0.3, -0.25) is 0 Å². The molecule has 1 aliphatic heterocycles. The fraction of sp³-hybridized carbons (Fsp3) is 0.391. The molecule has 2 atom stereocenters. The van der Waals surface area contributed by atoms with Crippen LogP contribution in [0.5, 0.6) is 5.75 Å². The molecule has 31 heavy (non-hydrogen) atoms. The van der Waals surface area contributed by atoms with Gasteiger partial charge in [-0.05, 0) is 61.9 Å². The number of phenols is 1. The van der Waals surface area contributed by atoms with E-state index in [2.05, 4.69) is 27.0 Å². The number of benzene rings is 2. The number of rotatable bonds is 6. The minimum absolute atomic E-state index is 0.125. The lowest BCUT2D eigenvalue weighted by Gasteiger charge is -2.37. The zero-order valence-corrected chi connectivity index (χ0v) is 18.6. The van der Waals surface area contributed by atoms with Gasteiger partial charge in [0.25, 0.3) is 0 Å². The van der Waals surface area contributed by atoms with Gasteiger partial charge in [0.2, 0.25) is 0 Å². The minimum atomic E-state index is -0.173. The van der Waals surface area contributed by atoms with Crippen molar-refractivity contribution in [1.29, 1.82) is 0 Å². The molecular formula is C23H28ClN5O2. The van der Waals surface area contributed by atoms with Crippen LogP contribution in [0.2, 0.25) is 0 Å². The number of aromatic nitrogens is 3. The van der Waals surface area contributed by atoms with Crippen molar-refractivity contribution >= 4 is 23.0 Å². The van der Waals surface area contributed by atoms with E-state index < -0.39 is 0 Å². The number of alkyl halides is 1. The molecule has 1 saturated heterocycles. The second-order valence-electron chi connectivity index (χ2n) is 7.89. The van der Waals surface area contributed by atoms with Gasteiger partial charge in [-0.2, -0.15) is 5.10 Å². The molecule has 0 amide bonds. The molecule has 0 radical (unpaired) electrons. The molecule has 1 aromatic heterocycles. The first kappa shape index (κ1) is 21.3. The maximum Gasteiger partial charge on any atom is 0.350 e. The summed E-state index contributed by atoms with van der Waals surface area (Å²) in [4.78, 5) is 17.5. The highest BCUT2D eigenvalue weighted by atomic mass is 35.5. The number of anilines is 2. The number of halogens is 1. The van der Waals surface area contributed by atoms with E-state index in [0.29, 0.717) is 0 Å². The predicted octanol–water partition coefficient (Wildman–Crippen LogP) is 3.64. The largest absolute Gasteiger partial charge is 0.508 e. The molecule has 7 nitrogen and oxygen atoms in total. The van der Waals surface area contributed by atoms with Gasteiger partial charge in [-0.1, -0.05) is 6.92 Å². The molecule has 0 spiro atoms. The molecule has 164 valence electrons. The van der Waals surface area contributed by atoms with Crippen LogP contribution in [-0.2, 0) is 0 Å². The Kier molecular flexibility index (Phi) is 6.23. The summed E-state index contributed by atoms with van der Waals surface area (Å²) in [6, 6.07) is 15.2. The number of piperazine rings is 1. The number of hydrogen-bond acceptors (Lipinski definition) is 5. The Morgan fingerprint density at radius 1 is 0.935 bits per heavy atom. The monoisotopic (exact) mass is 441 g/mol. The van der Waals surface area contributed by atoms with E-state index >= 15 is 0 Å². The fourth-order valence-corrected chi connectivity index (χ4v) is 4.41. The van der Waals surface area contributed by atoms with Crippen molar-refractivity contribution in [2.45, 2.75) is 31.7 Å². The molecule has 3 aromatic rings. The zero-order chi connectivity index (χ0) is 22.0. The summed E-state index contributed by atoms with van der Waals surface area (Å²) in [6.45, 7) is 7.53. The Bertz CT molecular complexity index is 1050. The lowest BCUT2D eigenvalue weighted by molar-refractivity contribution is 0.419. The average Bonchev–Trinajstić information content (AvgIpc) is 3.16. The van der Waals surface area contributed by atoms with Crippen molar-refractivity contribution in [3.8, 4) is 11.4 Å². The molecule has 0 saturated carbocycles. The van der Waals surface area contributed by atoms with Crippen molar-refractivity contribution in [2.24, 2.45) is 0 Å². The second kappa shape index (κ2) is 9.06. The van der Waals surface area contributed by atoms with Crippen molar-refractivity contribution < 1.29 is 5.11 Å². The van der Waals surface area contributed by atoms with Crippen LogP contribution >= 0.6 is 11.6 Å². The first-order chi connectivity index (χ1) is 15.0. The molecule has 4 rings (SSSR count). The highest BCUT2D eigenvalue weighted by molar-refractivity contribution is 6.20. The first-order valence-electron chi connectivity index (χ1n) is 10.7. The fourth-order valence-electron chi connectivity index (χ4n) is 4.12. The van der Waals surface area contributed by atoms with Crippen molar-refractivity contribution in [3.05, 3.63) is 65.3 Å². The molecule has 1 unspecified atom stereocenters. The topological polar surface area (TPSA) is 66.5 Å². The minimum Gasteiger partial charge on any atom is -0.508 e. The molecule has 2 aromatic carbocycles. The summed E-state index contributed by atoms with van der Waals surface area (Å²) in [6.07, 6.45) is 2.31. The van der Waals surface area contributed by atoms with E-state index in [1.807, 2.05) is 38.1 Å². The van der Waals surface area contributed by atoms with E-state index in [4.69, 9.17) is 11.6 Å². The van der Waals surface area contributed by atoms with Crippen molar-refractivity contribution in [3.63, 3.8) is 0 Å². The number of phenolic OH excluding ortho intramolecular Hbond substituents is 1. The standard InChI is InChI=1S/C23H28ClN5O2/c1-3-22(17(2)24)29-23(31)28(16-25-29)20-6-4-18(5-7-20)26-12-14-27(15-13-26)19-8-10-21(30)11-9-19/h4-11,16-17,22,30H,3,12-15H2,1-2H3/t17?,22-/m0/s1. The molecule has 1 fully saturated rings. The zero-order valence-electron chi connectivity index (χ0n) is 17.9. The third-order valence-electron chi connectivity index (χ3n) is 5.94. The summed E-state index contributed by atoms with van der Waals surface area (Å²) in [5.74, 6) is 0.287. The smallest absolute Gasteiger partial charge is 0.350 e. The van der Waals surface area contributed by atoms with Gasteiger partial charge in [0, 0.05) is 37.6 Å². The number of hydrogen-bond donors (Lipinski definition) is 1. The van der Waals surface area contributed by atoms with Crippen LogP contribution in [0, 0.1) is 0 Å². The summed E-state index contributed by atoms with van der Waals surface area (Å²) in [7, 11) is 0. The molecule has 2 heterocycles. The second-order valence-corrected chi connectivity index (χ2v) is 8.58. The maximum absolute atomic E-state index is 12.8. The Balaban J connectivity index is 1.44. The van der Waals surface area contributed by atoms with E-state index in [1.165, 1.54) is 4.68 Å². The van der Waals surface area contributed by atoms with Crippen LogP contribution in [0.15, 0.2) is 59.7 Å². The van der Waals surface area contributed by atoms with E-state index in [-0.39, 0.29) is 22.9 Å². The van der Waals surface area contributed by atoms with E-state index in [9.17, 15) is 9.90 Å². The van der Waals surface area contributed by atoms with Gasteiger partial charge in [0.15, 0.2) is 0 Å². The molecule has 0 aliphatic carbocycles. The maximum atomic E-state index is 12.8. The lowest BCUT2D eigenvalue weighted by atomic mass is 10.2. The van der Waals surface area contributed by atoms with Gasteiger partial charge in [0.05, 0.1) is 17.1 Å². The van der Waals surface area contributed by atoms with Crippen LogP contribution in [0.4, 0.5) is 11.4 Å². The average molecular weight is 442 g/mol. The summed E-state index contributed by atoms with van der Waals surface area (Å²) in [5.41, 5.74) is 2.88. The Hall–Kier alpha value is -2.93. The predicted molar refractivity (Wildman–Crippen MR) is 125 cm³/mol. The van der Waals surface area contributed by atoms with E-state index in [0.717, 1.165) is 49.7 Å². The van der Waals surface area contributed by atoms with Gasteiger partial charge in [-0.25, -0.2) is 14.0 Å². The van der Waals surface area contributed by atoms with E-state index in [1.54, 1.807) is 23.0 Å². The Labute approximate surface area is 187 Å². The SMILES string of the molecule is CC[C@@H](C(C)Cl)n1ncn(-c2ccc(N3CCN(c4ccc(O)cc4)CC3)cc2)c1=O. The third-order valence-corrected chi connectivity index (χ3v) is 6.23. The molecule has 8 heteroatoms. The quantitative estimate of drug-likeness (QED) is 0.591. The van der Waals surface area contributed by atoms with Gasteiger partial charge < -0.3 is 14.9 Å². The molecule has 1 N–H and O–H groups in total. The summed E-state index contributed by atoms with van der Waals surface area (Å²) < 4.78 is 3.04. The van der Waals surface area contributed by atoms with Crippen LogP contribution in [0.25, 0.3) is 5.69 Å². The van der Waals surface area contributed by atoms with Crippen LogP contribution < -0.4 is 15.5 Å². The number of nitrogens with zero attached hydrogens (tertiary/aromatic N) is 5. The van der Waals surface area contributed by atoms with Crippen molar-refractivity contribution in [1.82, 2.24) is 14.3 Å². The van der Waals surface area contributed by atoms with Gasteiger partial charge in [0.1, 0.15) is 12.1 Å². The Morgan fingerprint density at radius 2 is 1.42 bits per heavy atom. The third kappa shape index (κ3) is 4.42.